The molecule has 1 aliphatic carbocycles. The van der Waals surface area contributed by atoms with Gasteiger partial charge >= 0.3 is 0 Å². The SMILES string of the molecule is Cc1[nH]c2cccc3c2c1C[C@@H]1C3C[C@@H](C(=O)Nc2ccc(Cl)nn2)CN1C. The van der Waals surface area contributed by atoms with Crippen LogP contribution in [0.1, 0.15) is 29.2 Å². The van der Waals surface area contributed by atoms with Crippen molar-refractivity contribution < 1.29 is 4.79 Å². The highest BCUT2D eigenvalue weighted by atomic mass is 35.5. The van der Waals surface area contributed by atoms with E-state index in [1.54, 1.807) is 12.1 Å². The van der Waals surface area contributed by atoms with Gasteiger partial charge in [-0.3, -0.25) is 4.79 Å². The number of amides is 1. The van der Waals surface area contributed by atoms with Crippen LogP contribution in [0.4, 0.5) is 5.82 Å². The molecule has 2 aliphatic rings. The van der Waals surface area contributed by atoms with Gasteiger partial charge < -0.3 is 15.2 Å². The molecular formula is C21H22ClN5O. The number of hydrogen-bond acceptors (Lipinski definition) is 4. The second-order valence-corrected chi connectivity index (χ2v) is 8.37. The molecule has 3 atom stereocenters. The number of benzene rings is 1. The number of likely N-dealkylation sites (N-methyl/N-ethyl adjacent to an activating group) is 1. The van der Waals surface area contributed by atoms with Crippen LogP contribution >= 0.6 is 11.6 Å². The lowest BCUT2D eigenvalue weighted by Gasteiger charge is -2.45. The quantitative estimate of drug-likeness (QED) is 0.696. The molecule has 0 bridgehead atoms. The molecule has 0 saturated carbocycles. The van der Waals surface area contributed by atoms with Gasteiger partial charge in [-0.1, -0.05) is 23.7 Å². The number of carbonyl (C=O) groups excluding carboxylic acids is 1. The summed E-state index contributed by atoms with van der Waals surface area (Å²) in [6.45, 7) is 2.90. The molecule has 3 aromatic rings. The molecule has 3 heterocycles. The zero-order valence-electron chi connectivity index (χ0n) is 15.9. The standard InChI is InChI=1S/C21H22ClN5O/c1-11-14-9-17-15(13-4-3-5-16(23-11)20(13)14)8-12(10-27(17)2)21(28)24-19-7-6-18(22)25-26-19/h3-7,12,15,17,23H,8-10H2,1-2H3,(H,24,26,28)/t12-,15?,17-/m1/s1. The van der Waals surface area contributed by atoms with E-state index in [1.807, 2.05) is 0 Å². The van der Waals surface area contributed by atoms with E-state index in [9.17, 15) is 4.79 Å². The van der Waals surface area contributed by atoms with Gasteiger partial charge in [0, 0.05) is 35.1 Å². The Balaban J connectivity index is 1.44. The number of aromatic nitrogens is 3. The number of H-pyrrole nitrogens is 1. The highest BCUT2D eigenvalue weighted by Crippen LogP contribution is 2.45. The molecule has 2 aromatic heterocycles. The summed E-state index contributed by atoms with van der Waals surface area (Å²) in [7, 11) is 2.13. The van der Waals surface area contributed by atoms with Crippen LogP contribution < -0.4 is 5.32 Å². The van der Waals surface area contributed by atoms with Crippen LogP contribution in [-0.2, 0) is 11.2 Å². The maximum absolute atomic E-state index is 12.9. The average Bonchev–Trinajstić information content (AvgIpc) is 3.01. The van der Waals surface area contributed by atoms with Crippen LogP contribution in [0, 0.1) is 12.8 Å². The van der Waals surface area contributed by atoms with E-state index in [-0.39, 0.29) is 11.8 Å². The molecule has 0 radical (unpaired) electrons. The summed E-state index contributed by atoms with van der Waals surface area (Å²) in [5.74, 6) is 0.677. The number of fused-ring (bicyclic) bond motifs is 2. The molecule has 2 N–H and O–H groups in total. The number of aryl methyl sites for hydroxylation is 1. The lowest BCUT2D eigenvalue weighted by molar-refractivity contribution is -0.122. The molecule has 6 nitrogen and oxygen atoms in total. The molecule has 0 spiro atoms. The molecule has 7 heteroatoms. The largest absolute Gasteiger partial charge is 0.358 e. The van der Waals surface area contributed by atoms with Crippen LogP contribution in [0.3, 0.4) is 0 Å². The second-order valence-electron chi connectivity index (χ2n) is 7.98. The smallest absolute Gasteiger partial charge is 0.230 e. The highest BCUT2D eigenvalue weighted by Gasteiger charge is 2.41. The Labute approximate surface area is 168 Å². The predicted molar refractivity (Wildman–Crippen MR) is 110 cm³/mol. The Hall–Kier alpha value is -2.44. The number of anilines is 1. The van der Waals surface area contributed by atoms with Gasteiger partial charge in [0.2, 0.25) is 5.91 Å². The van der Waals surface area contributed by atoms with E-state index in [0.717, 1.165) is 19.4 Å². The number of halogens is 1. The highest BCUT2D eigenvalue weighted by molar-refractivity contribution is 6.29. The molecule has 5 rings (SSSR count). The fourth-order valence-electron chi connectivity index (χ4n) is 5.01. The average molecular weight is 396 g/mol. The predicted octanol–water partition coefficient (Wildman–Crippen LogP) is 3.52. The normalized spacial score (nSPS) is 24.2. The van der Waals surface area contributed by atoms with E-state index in [0.29, 0.717) is 22.9 Å². The first kappa shape index (κ1) is 17.6. The van der Waals surface area contributed by atoms with Crippen LogP contribution in [0.15, 0.2) is 30.3 Å². The molecule has 1 unspecified atom stereocenters. The van der Waals surface area contributed by atoms with Gasteiger partial charge in [0.25, 0.3) is 0 Å². The van der Waals surface area contributed by atoms with Crippen molar-refractivity contribution in [2.24, 2.45) is 5.92 Å². The van der Waals surface area contributed by atoms with Crippen molar-refractivity contribution in [1.82, 2.24) is 20.1 Å². The minimum Gasteiger partial charge on any atom is -0.358 e. The van der Waals surface area contributed by atoms with Gasteiger partial charge in [0.1, 0.15) is 0 Å². The number of piperidine rings is 1. The summed E-state index contributed by atoms with van der Waals surface area (Å²) in [5.41, 5.74) is 5.26. The van der Waals surface area contributed by atoms with Crippen molar-refractivity contribution in [3.63, 3.8) is 0 Å². The van der Waals surface area contributed by atoms with Crippen LogP contribution in [0.25, 0.3) is 10.9 Å². The number of aromatic amines is 1. The minimum absolute atomic E-state index is 0.00913. The third-order valence-electron chi connectivity index (χ3n) is 6.32. The van der Waals surface area contributed by atoms with Gasteiger partial charge in [-0.2, -0.15) is 0 Å². The molecular weight excluding hydrogens is 374 g/mol. The summed E-state index contributed by atoms with van der Waals surface area (Å²) < 4.78 is 0. The van der Waals surface area contributed by atoms with E-state index in [2.05, 4.69) is 57.6 Å². The van der Waals surface area contributed by atoms with Gasteiger partial charge in [-0.25, -0.2) is 0 Å². The molecule has 1 aromatic carbocycles. The molecule has 1 amide bonds. The van der Waals surface area contributed by atoms with Crippen LogP contribution in [0.2, 0.25) is 5.15 Å². The first-order valence-corrected chi connectivity index (χ1v) is 9.99. The molecule has 1 fully saturated rings. The molecule has 1 saturated heterocycles. The van der Waals surface area contributed by atoms with E-state index >= 15 is 0 Å². The zero-order chi connectivity index (χ0) is 19.4. The number of likely N-dealkylation sites (tertiary alicyclic amines) is 1. The lowest BCUT2D eigenvalue weighted by Crippen LogP contribution is -2.50. The Morgan fingerprint density at radius 3 is 2.93 bits per heavy atom. The van der Waals surface area contributed by atoms with E-state index in [1.165, 1.54) is 27.7 Å². The van der Waals surface area contributed by atoms with E-state index < -0.39 is 0 Å². The topological polar surface area (TPSA) is 73.9 Å². The number of hydrogen-bond donors (Lipinski definition) is 2. The van der Waals surface area contributed by atoms with Gasteiger partial charge in [0.15, 0.2) is 11.0 Å². The first-order chi connectivity index (χ1) is 13.5. The summed E-state index contributed by atoms with van der Waals surface area (Å²) in [6.07, 6.45) is 1.87. The number of nitrogens with one attached hydrogen (secondary N) is 2. The summed E-state index contributed by atoms with van der Waals surface area (Å²) in [5, 5.41) is 12.3. The Morgan fingerprint density at radius 2 is 2.14 bits per heavy atom. The third kappa shape index (κ3) is 2.79. The molecule has 144 valence electrons. The van der Waals surface area contributed by atoms with Gasteiger partial charge in [-0.15, -0.1) is 10.2 Å². The van der Waals surface area contributed by atoms with Gasteiger partial charge in [0.05, 0.1) is 5.92 Å². The second kappa shape index (κ2) is 6.57. The lowest BCUT2D eigenvalue weighted by atomic mass is 9.72. The van der Waals surface area contributed by atoms with Crippen molar-refractivity contribution in [1.29, 1.82) is 0 Å². The minimum atomic E-state index is -0.0967. The maximum Gasteiger partial charge on any atom is 0.230 e. The zero-order valence-corrected chi connectivity index (χ0v) is 16.6. The summed E-state index contributed by atoms with van der Waals surface area (Å²) >= 11 is 5.78. The third-order valence-corrected chi connectivity index (χ3v) is 6.52. The van der Waals surface area contributed by atoms with Gasteiger partial charge in [-0.05, 0) is 56.1 Å². The molecule has 28 heavy (non-hydrogen) atoms. The molecule has 1 aliphatic heterocycles. The summed E-state index contributed by atoms with van der Waals surface area (Å²) in [6, 6.07) is 10.2. The Kier molecular flexibility index (Phi) is 4.14. The van der Waals surface area contributed by atoms with E-state index in [4.69, 9.17) is 11.6 Å². The van der Waals surface area contributed by atoms with Crippen molar-refractivity contribution in [2.45, 2.75) is 31.7 Å². The van der Waals surface area contributed by atoms with Crippen LogP contribution in [0.5, 0.6) is 0 Å². The monoisotopic (exact) mass is 395 g/mol. The Bertz CT molecular complexity index is 1060. The Morgan fingerprint density at radius 1 is 1.29 bits per heavy atom. The van der Waals surface area contributed by atoms with Crippen LogP contribution in [-0.4, -0.2) is 45.6 Å². The number of nitrogens with zero attached hydrogens (tertiary/aromatic N) is 3. The van der Waals surface area contributed by atoms with Crippen molar-refractivity contribution in [3.8, 4) is 0 Å². The van der Waals surface area contributed by atoms with Crippen molar-refractivity contribution >= 4 is 34.2 Å². The first-order valence-electron chi connectivity index (χ1n) is 9.61. The van der Waals surface area contributed by atoms with Crippen molar-refractivity contribution in [2.75, 3.05) is 18.9 Å². The summed E-state index contributed by atoms with van der Waals surface area (Å²) in [4.78, 5) is 18.8. The van der Waals surface area contributed by atoms with Crippen molar-refractivity contribution in [3.05, 3.63) is 52.3 Å². The number of carbonyl (C=O) groups is 1. The number of rotatable bonds is 2. The maximum atomic E-state index is 12.9. The fourth-order valence-corrected chi connectivity index (χ4v) is 5.11. The fraction of sp³-hybridized carbons (Fsp3) is 0.381.